The molecule has 0 fully saturated rings. The fourth-order valence-electron chi connectivity index (χ4n) is 2.68. The Morgan fingerprint density at radius 3 is 2.40 bits per heavy atom. The van der Waals surface area contributed by atoms with Gasteiger partial charge in [-0.15, -0.1) is 0 Å². The fourth-order valence-corrected chi connectivity index (χ4v) is 4.01. The van der Waals surface area contributed by atoms with Crippen molar-refractivity contribution >= 4 is 9.84 Å². The second-order valence-electron chi connectivity index (χ2n) is 6.27. The molecule has 3 rings (SSSR count). The molecule has 0 aliphatic carbocycles. The number of imidazole rings is 1. The summed E-state index contributed by atoms with van der Waals surface area (Å²) in [4.78, 5) is 6.65. The van der Waals surface area contributed by atoms with Crippen LogP contribution in [-0.2, 0) is 22.9 Å². The first kappa shape index (κ1) is 17.4. The van der Waals surface area contributed by atoms with Crippen LogP contribution in [0, 0.1) is 0 Å². The zero-order chi connectivity index (χ0) is 17.9. The summed E-state index contributed by atoms with van der Waals surface area (Å²) in [6.07, 6.45) is 5.33. The van der Waals surface area contributed by atoms with Gasteiger partial charge >= 0.3 is 0 Å². The highest BCUT2D eigenvalue weighted by Gasteiger charge is 2.18. The molecule has 0 aliphatic heterocycles. The topological polar surface area (TPSA) is 55.2 Å². The first-order valence-electron chi connectivity index (χ1n) is 7.98. The van der Waals surface area contributed by atoms with E-state index in [1.807, 2.05) is 48.0 Å². The molecule has 0 atom stereocenters. The van der Waals surface area contributed by atoms with E-state index >= 15 is 0 Å². The van der Waals surface area contributed by atoms with Gasteiger partial charge in [0.25, 0.3) is 0 Å². The van der Waals surface area contributed by atoms with Gasteiger partial charge in [-0.25, -0.2) is 13.4 Å². The molecule has 3 aromatic rings. The fraction of sp³-hybridized carbons (Fsp3) is 0.211. The molecule has 0 radical (unpaired) electrons. The van der Waals surface area contributed by atoms with Gasteiger partial charge in [0.15, 0.2) is 0 Å². The Morgan fingerprint density at radius 1 is 1.00 bits per heavy atom. The van der Waals surface area contributed by atoms with Crippen LogP contribution in [0.2, 0.25) is 0 Å². The van der Waals surface area contributed by atoms with Crippen LogP contribution < -0.4 is 0 Å². The average molecular weight is 355 g/mol. The zero-order valence-corrected chi connectivity index (χ0v) is 15.1. The van der Waals surface area contributed by atoms with Crippen molar-refractivity contribution in [2.75, 3.05) is 14.1 Å². The van der Waals surface area contributed by atoms with Crippen LogP contribution in [0.1, 0.15) is 11.1 Å². The Bertz CT molecular complexity index is 931. The number of aromatic nitrogens is 2. The highest BCUT2D eigenvalue weighted by Crippen LogP contribution is 2.22. The van der Waals surface area contributed by atoms with Gasteiger partial charge < -0.3 is 9.47 Å². The van der Waals surface area contributed by atoms with Gasteiger partial charge in [0.1, 0.15) is 0 Å². The molecule has 0 aliphatic rings. The third-order valence-electron chi connectivity index (χ3n) is 3.87. The SMILES string of the molecule is CN(C)Cc1cccc(S(=O)(=O)c2ccc(Cn3ccnc3)cc2)c1. The zero-order valence-electron chi connectivity index (χ0n) is 14.3. The van der Waals surface area contributed by atoms with Crippen LogP contribution in [0.5, 0.6) is 0 Å². The minimum absolute atomic E-state index is 0.309. The van der Waals surface area contributed by atoms with Crippen molar-refractivity contribution in [1.29, 1.82) is 0 Å². The summed E-state index contributed by atoms with van der Waals surface area (Å²) >= 11 is 0. The molecule has 0 bridgehead atoms. The number of benzene rings is 2. The van der Waals surface area contributed by atoms with Crippen molar-refractivity contribution in [3.05, 3.63) is 78.4 Å². The molecule has 6 heteroatoms. The van der Waals surface area contributed by atoms with Crippen LogP contribution in [0.25, 0.3) is 0 Å². The Labute approximate surface area is 148 Å². The Hall–Kier alpha value is -2.44. The molecule has 2 aromatic carbocycles. The third-order valence-corrected chi connectivity index (χ3v) is 5.63. The summed E-state index contributed by atoms with van der Waals surface area (Å²) in [5.41, 5.74) is 2.00. The van der Waals surface area contributed by atoms with E-state index in [0.717, 1.165) is 11.1 Å². The molecule has 0 amide bonds. The van der Waals surface area contributed by atoms with E-state index < -0.39 is 9.84 Å². The van der Waals surface area contributed by atoms with Gasteiger partial charge in [0, 0.05) is 25.5 Å². The number of hydrogen-bond donors (Lipinski definition) is 0. The first-order valence-corrected chi connectivity index (χ1v) is 9.47. The van der Waals surface area contributed by atoms with Crippen LogP contribution in [0.15, 0.2) is 77.0 Å². The largest absolute Gasteiger partial charge is 0.333 e. The summed E-state index contributed by atoms with van der Waals surface area (Å²) in [6, 6.07) is 14.1. The van der Waals surface area contributed by atoms with Gasteiger partial charge in [-0.1, -0.05) is 24.3 Å². The summed E-state index contributed by atoms with van der Waals surface area (Å²) in [5.74, 6) is 0. The van der Waals surface area contributed by atoms with Crippen LogP contribution in [0.3, 0.4) is 0 Å². The molecule has 0 saturated heterocycles. The maximum atomic E-state index is 12.9. The van der Waals surface area contributed by atoms with Gasteiger partial charge in [-0.3, -0.25) is 0 Å². The van der Waals surface area contributed by atoms with E-state index in [9.17, 15) is 8.42 Å². The second kappa shape index (κ2) is 7.21. The number of sulfone groups is 1. The molecule has 0 N–H and O–H groups in total. The van der Waals surface area contributed by atoms with Gasteiger partial charge in [0.05, 0.1) is 16.1 Å². The van der Waals surface area contributed by atoms with E-state index in [0.29, 0.717) is 22.9 Å². The van der Waals surface area contributed by atoms with Gasteiger partial charge in [-0.05, 0) is 49.5 Å². The van der Waals surface area contributed by atoms with E-state index in [2.05, 4.69) is 4.98 Å². The van der Waals surface area contributed by atoms with Crippen LogP contribution in [0.4, 0.5) is 0 Å². The molecule has 0 saturated carbocycles. The average Bonchev–Trinajstić information content (AvgIpc) is 3.08. The Balaban J connectivity index is 1.84. The van der Waals surface area contributed by atoms with E-state index in [1.165, 1.54) is 0 Å². The summed E-state index contributed by atoms with van der Waals surface area (Å²) in [5, 5.41) is 0. The molecule has 0 unspecified atom stereocenters. The van der Waals surface area contributed by atoms with Crippen LogP contribution >= 0.6 is 0 Å². The monoisotopic (exact) mass is 355 g/mol. The quantitative estimate of drug-likeness (QED) is 0.682. The maximum absolute atomic E-state index is 12.9. The minimum atomic E-state index is -3.51. The summed E-state index contributed by atoms with van der Waals surface area (Å²) in [7, 11) is 0.403. The predicted molar refractivity (Wildman–Crippen MR) is 97.1 cm³/mol. The van der Waals surface area contributed by atoms with Crippen LogP contribution in [-0.4, -0.2) is 37.0 Å². The molecule has 130 valence electrons. The van der Waals surface area contributed by atoms with Crippen molar-refractivity contribution in [2.24, 2.45) is 0 Å². The lowest BCUT2D eigenvalue weighted by molar-refractivity contribution is 0.402. The van der Waals surface area contributed by atoms with E-state index in [4.69, 9.17) is 0 Å². The number of rotatable bonds is 6. The van der Waals surface area contributed by atoms with E-state index in [1.54, 1.807) is 42.9 Å². The summed E-state index contributed by atoms with van der Waals surface area (Å²) < 4.78 is 27.7. The Morgan fingerprint density at radius 2 is 1.76 bits per heavy atom. The highest BCUT2D eigenvalue weighted by molar-refractivity contribution is 7.91. The molecule has 5 nitrogen and oxygen atoms in total. The summed E-state index contributed by atoms with van der Waals surface area (Å²) in [6.45, 7) is 1.37. The first-order chi connectivity index (χ1) is 11.9. The predicted octanol–water partition coefficient (Wildman–Crippen LogP) is 2.83. The minimum Gasteiger partial charge on any atom is -0.333 e. The lowest BCUT2D eigenvalue weighted by atomic mass is 10.2. The lowest BCUT2D eigenvalue weighted by Crippen LogP contribution is -2.11. The molecular formula is C19H21N3O2S. The second-order valence-corrected chi connectivity index (χ2v) is 8.22. The molecule has 1 heterocycles. The van der Waals surface area contributed by atoms with Crippen molar-refractivity contribution < 1.29 is 8.42 Å². The standard InChI is InChI=1S/C19H21N3O2S/c1-21(2)13-17-4-3-5-19(12-17)25(23,24)18-8-6-16(7-9-18)14-22-11-10-20-15-22/h3-12,15H,13-14H2,1-2H3. The smallest absolute Gasteiger partial charge is 0.206 e. The van der Waals surface area contributed by atoms with Crippen molar-refractivity contribution in [3.8, 4) is 0 Å². The molecular weight excluding hydrogens is 334 g/mol. The van der Waals surface area contributed by atoms with E-state index in [-0.39, 0.29) is 0 Å². The highest BCUT2D eigenvalue weighted by atomic mass is 32.2. The lowest BCUT2D eigenvalue weighted by Gasteiger charge is -2.11. The van der Waals surface area contributed by atoms with Gasteiger partial charge in [0.2, 0.25) is 9.84 Å². The normalized spacial score (nSPS) is 11.8. The molecule has 0 spiro atoms. The number of hydrogen-bond acceptors (Lipinski definition) is 4. The maximum Gasteiger partial charge on any atom is 0.206 e. The number of nitrogens with zero attached hydrogens (tertiary/aromatic N) is 3. The third kappa shape index (κ3) is 4.15. The van der Waals surface area contributed by atoms with Crippen molar-refractivity contribution in [2.45, 2.75) is 22.9 Å². The van der Waals surface area contributed by atoms with Gasteiger partial charge in [-0.2, -0.15) is 0 Å². The molecule has 25 heavy (non-hydrogen) atoms. The molecule has 1 aromatic heterocycles. The van der Waals surface area contributed by atoms with Crippen molar-refractivity contribution in [3.63, 3.8) is 0 Å². The Kier molecular flexibility index (Phi) is 5.01. The van der Waals surface area contributed by atoms with Crippen molar-refractivity contribution in [1.82, 2.24) is 14.5 Å².